The van der Waals surface area contributed by atoms with Crippen LogP contribution in [0.5, 0.6) is 0 Å². The third-order valence-electron chi connectivity index (χ3n) is 3.69. The number of anilines is 2. The van der Waals surface area contributed by atoms with Crippen molar-refractivity contribution in [2.75, 3.05) is 24.3 Å². The van der Waals surface area contributed by atoms with Crippen molar-refractivity contribution in [2.24, 2.45) is 5.92 Å². The van der Waals surface area contributed by atoms with E-state index in [9.17, 15) is 0 Å². The first-order valence-electron chi connectivity index (χ1n) is 6.92. The summed E-state index contributed by atoms with van der Waals surface area (Å²) in [7, 11) is 4.18. The van der Waals surface area contributed by atoms with Gasteiger partial charge in [-0.05, 0) is 48.4 Å². The molecule has 0 saturated heterocycles. The number of hydrogen-bond acceptors (Lipinski definition) is 3. The number of nitrogens with one attached hydrogen (secondary N) is 1. The van der Waals surface area contributed by atoms with Gasteiger partial charge >= 0.3 is 0 Å². The molecule has 1 atom stereocenters. The van der Waals surface area contributed by atoms with E-state index in [1.807, 2.05) is 11.3 Å². The lowest BCUT2D eigenvalue weighted by Crippen LogP contribution is -2.16. The summed E-state index contributed by atoms with van der Waals surface area (Å²) in [6.07, 6.45) is 2.67. The summed E-state index contributed by atoms with van der Waals surface area (Å²) in [6.45, 7) is 0. The Morgan fingerprint density at radius 1 is 1.30 bits per heavy atom. The molecule has 0 amide bonds. The zero-order valence-electron chi connectivity index (χ0n) is 11.8. The van der Waals surface area contributed by atoms with Gasteiger partial charge in [-0.25, -0.2) is 0 Å². The predicted octanol–water partition coefficient (Wildman–Crippen LogP) is 5.14. The molecule has 1 aromatic heterocycles. The first-order chi connectivity index (χ1) is 9.65. The molecule has 1 aromatic carbocycles. The molecular weight excluding hydrogens is 332 g/mol. The highest BCUT2D eigenvalue weighted by atomic mass is 79.9. The number of hydrogen-bond donors (Lipinski definition) is 1. The quantitative estimate of drug-likeness (QED) is 0.802. The van der Waals surface area contributed by atoms with E-state index in [-0.39, 0.29) is 0 Å². The Labute approximate surface area is 132 Å². The topological polar surface area (TPSA) is 15.3 Å². The van der Waals surface area contributed by atoms with Crippen LogP contribution in [0.1, 0.15) is 23.8 Å². The van der Waals surface area contributed by atoms with Crippen LogP contribution in [-0.2, 0) is 0 Å². The minimum Gasteiger partial charge on any atom is -0.376 e. The van der Waals surface area contributed by atoms with Crippen molar-refractivity contribution in [3.8, 4) is 0 Å². The first kappa shape index (κ1) is 14.0. The Hall–Kier alpha value is -1.00. The fourth-order valence-electron chi connectivity index (χ4n) is 2.50. The molecule has 0 bridgehead atoms. The number of rotatable bonds is 5. The van der Waals surface area contributed by atoms with Gasteiger partial charge in [0.25, 0.3) is 0 Å². The van der Waals surface area contributed by atoms with Gasteiger partial charge in [0.2, 0.25) is 0 Å². The molecule has 2 nitrogen and oxygen atoms in total. The maximum atomic E-state index is 3.77. The van der Waals surface area contributed by atoms with Gasteiger partial charge in [-0.1, -0.05) is 22.0 Å². The van der Waals surface area contributed by atoms with Gasteiger partial charge in [0.15, 0.2) is 0 Å². The summed E-state index contributed by atoms with van der Waals surface area (Å²) in [5.74, 6) is 0.780. The lowest BCUT2D eigenvalue weighted by atomic mass is 10.1. The number of benzene rings is 1. The van der Waals surface area contributed by atoms with Crippen LogP contribution in [0, 0.1) is 5.92 Å². The van der Waals surface area contributed by atoms with Gasteiger partial charge in [0.1, 0.15) is 0 Å². The Kier molecular flexibility index (Phi) is 4.03. The van der Waals surface area contributed by atoms with Crippen molar-refractivity contribution < 1.29 is 0 Å². The van der Waals surface area contributed by atoms with E-state index >= 15 is 0 Å². The fourth-order valence-corrected chi connectivity index (χ4v) is 3.73. The molecule has 1 unspecified atom stereocenters. The largest absolute Gasteiger partial charge is 0.376 e. The molecule has 1 N–H and O–H groups in total. The van der Waals surface area contributed by atoms with Crippen LogP contribution < -0.4 is 10.2 Å². The van der Waals surface area contributed by atoms with Crippen molar-refractivity contribution in [3.05, 3.63) is 45.1 Å². The van der Waals surface area contributed by atoms with Crippen molar-refractivity contribution in [1.82, 2.24) is 0 Å². The second kappa shape index (κ2) is 5.78. The fraction of sp³-hybridized carbons (Fsp3) is 0.375. The summed E-state index contributed by atoms with van der Waals surface area (Å²) >= 11 is 5.43. The van der Waals surface area contributed by atoms with E-state index in [1.54, 1.807) is 0 Å². The van der Waals surface area contributed by atoms with Crippen LogP contribution in [-0.4, -0.2) is 14.1 Å². The molecule has 0 aliphatic heterocycles. The molecule has 106 valence electrons. The van der Waals surface area contributed by atoms with Crippen LogP contribution in [0.15, 0.2) is 40.2 Å². The highest BCUT2D eigenvalue weighted by molar-refractivity contribution is 9.10. The molecule has 0 radical (unpaired) electrons. The third-order valence-corrected chi connectivity index (χ3v) is 5.14. The number of nitrogens with zero attached hydrogens (tertiary/aromatic N) is 1. The molecule has 1 aliphatic carbocycles. The lowest BCUT2D eigenvalue weighted by molar-refractivity contribution is 0.691. The molecule has 2 aromatic rings. The molecule has 1 heterocycles. The molecule has 4 heteroatoms. The van der Waals surface area contributed by atoms with E-state index in [4.69, 9.17) is 0 Å². The first-order valence-corrected chi connectivity index (χ1v) is 8.59. The van der Waals surface area contributed by atoms with Crippen molar-refractivity contribution in [2.45, 2.75) is 18.9 Å². The molecule has 1 saturated carbocycles. The van der Waals surface area contributed by atoms with Gasteiger partial charge in [-0.2, -0.15) is 0 Å². The van der Waals surface area contributed by atoms with E-state index in [2.05, 4.69) is 76.0 Å². The Bertz CT molecular complexity index is 576. The van der Waals surface area contributed by atoms with Gasteiger partial charge in [0.05, 0.1) is 17.4 Å². The smallest absolute Gasteiger partial charge is 0.0635 e. The second-order valence-electron chi connectivity index (χ2n) is 5.53. The minimum absolute atomic E-state index is 0.447. The van der Waals surface area contributed by atoms with Gasteiger partial charge < -0.3 is 10.2 Å². The van der Waals surface area contributed by atoms with Crippen molar-refractivity contribution in [3.63, 3.8) is 0 Å². The molecule has 1 aliphatic rings. The van der Waals surface area contributed by atoms with Crippen molar-refractivity contribution in [1.29, 1.82) is 0 Å². The molecule has 20 heavy (non-hydrogen) atoms. The van der Waals surface area contributed by atoms with Crippen molar-refractivity contribution >= 4 is 38.6 Å². The molecular formula is C16H19BrN2S. The summed E-state index contributed by atoms with van der Waals surface area (Å²) < 4.78 is 1.12. The zero-order chi connectivity index (χ0) is 14.1. The highest BCUT2D eigenvalue weighted by Gasteiger charge is 2.33. The monoisotopic (exact) mass is 350 g/mol. The number of halogens is 1. The standard InChI is InChI=1S/C16H19BrN2S/c1-19(2)14-8-7-12(17)10-13(14)18-16(11-5-6-11)15-4-3-9-20-15/h3-4,7-11,16,18H,5-6H2,1-2H3. The molecule has 1 fully saturated rings. The normalized spacial score (nSPS) is 15.9. The van der Waals surface area contributed by atoms with Crippen LogP contribution >= 0.6 is 27.3 Å². The minimum atomic E-state index is 0.447. The number of thiophene rings is 1. The lowest BCUT2D eigenvalue weighted by Gasteiger charge is -2.24. The van der Waals surface area contributed by atoms with E-state index in [0.29, 0.717) is 6.04 Å². The summed E-state index contributed by atoms with van der Waals surface area (Å²) in [6, 6.07) is 11.3. The average molecular weight is 351 g/mol. The molecule has 0 spiro atoms. The predicted molar refractivity (Wildman–Crippen MR) is 91.9 cm³/mol. The maximum Gasteiger partial charge on any atom is 0.0635 e. The van der Waals surface area contributed by atoms with Crippen LogP contribution in [0.2, 0.25) is 0 Å². The van der Waals surface area contributed by atoms with Crippen LogP contribution in [0.4, 0.5) is 11.4 Å². The summed E-state index contributed by atoms with van der Waals surface area (Å²) in [5.41, 5.74) is 2.44. The van der Waals surface area contributed by atoms with Crippen LogP contribution in [0.3, 0.4) is 0 Å². The Balaban J connectivity index is 1.90. The van der Waals surface area contributed by atoms with E-state index in [1.165, 1.54) is 29.1 Å². The van der Waals surface area contributed by atoms with Gasteiger partial charge in [-0.3, -0.25) is 0 Å². The van der Waals surface area contributed by atoms with E-state index < -0.39 is 0 Å². The third kappa shape index (κ3) is 3.01. The highest BCUT2D eigenvalue weighted by Crippen LogP contribution is 2.45. The SMILES string of the molecule is CN(C)c1ccc(Br)cc1NC(c1cccs1)C1CC1. The average Bonchev–Trinajstić information content (AvgIpc) is 3.10. The Morgan fingerprint density at radius 2 is 2.10 bits per heavy atom. The summed E-state index contributed by atoms with van der Waals surface area (Å²) in [5, 5.41) is 5.94. The van der Waals surface area contributed by atoms with Gasteiger partial charge in [-0.15, -0.1) is 11.3 Å². The molecule has 3 rings (SSSR count). The second-order valence-corrected chi connectivity index (χ2v) is 7.43. The Morgan fingerprint density at radius 3 is 2.70 bits per heavy atom. The van der Waals surface area contributed by atoms with Crippen LogP contribution in [0.25, 0.3) is 0 Å². The zero-order valence-corrected chi connectivity index (χ0v) is 14.2. The van der Waals surface area contributed by atoms with Gasteiger partial charge in [0, 0.05) is 23.4 Å². The van der Waals surface area contributed by atoms with E-state index in [0.717, 1.165) is 10.4 Å². The maximum absolute atomic E-state index is 3.77. The summed E-state index contributed by atoms with van der Waals surface area (Å²) in [4.78, 5) is 3.60.